The zero-order chi connectivity index (χ0) is 13.8. The molecule has 0 aliphatic rings. The van der Waals surface area contributed by atoms with Crippen LogP contribution in [-0.2, 0) is 17.2 Å². The first-order chi connectivity index (χ1) is 9.08. The van der Waals surface area contributed by atoms with Crippen LogP contribution in [0.5, 0.6) is 0 Å². The van der Waals surface area contributed by atoms with Gasteiger partial charge in [-0.1, -0.05) is 30.3 Å². The van der Waals surface area contributed by atoms with E-state index in [1.54, 1.807) is 0 Å². The monoisotopic (exact) mass is 273 g/mol. The average molecular weight is 273 g/mol. The Bertz CT molecular complexity index is 607. The Kier molecular flexibility index (Phi) is 4.38. The first kappa shape index (κ1) is 13.8. The summed E-state index contributed by atoms with van der Waals surface area (Å²) in [4.78, 5) is 0.939. The van der Waals surface area contributed by atoms with E-state index in [1.165, 1.54) is 0 Å². The highest BCUT2D eigenvalue weighted by atomic mass is 32.2. The first-order valence-electron chi connectivity index (χ1n) is 6.37. The molecule has 0 aliphatic heterocycles. The molecule has 3 heteroatoms. The molecule has 2 rings (SSSR count). The smallest absolute Gasteiger partial charge is 0.0535 e. The zero-order valence-electron chi connectivity index (χ0n) is 11.3. The summed E-state index contributed by atoms with van der Waals surface area (Å²) in [6.45, 7) is 4.03. The van der Waals surface area contributed by atoms with Crippen molar-refractivity contribution in [2.45, 2.75) is 25.2 Å². The van der Waals surface area contributed by atoms with E-state index in [9.17, 15) is 4.21 Å². The van der Waals surface area contributed by atoms with Crippen LogP contribution in [-0.4, -0.2) is 9.96 Å². The third-order valence-corrected chi connectivity index (χ3v) is 4.71. The molecule has 100 valence electrons. The maximum Gasteiger partial charge on any atom is 0.0535 e. The molecule has 0 aliphatic carbocycles. The number of hydrogen-bond donors (Lipinski definition) is 1. The van der Waals surface area contributed by atoms with E-state index in [-0.39, 0.29) is 0 Å². The van der Waals surface area contributed by atoms with Gasteiger partial charge in [0.15, 0.2) is 0 Å². The normalized spacial score (nSPS) is 12.3. The van der Waals surface area contributed by atoms with E-state index in [0.29, 0.717) is 5.75 Å². The molecule has 2 aromatic carbocycles. The molecule has 1 atom stereocenters. The standard InChI is InChI=1S/C16H19NOS/c1-12-7-8-13(2)16(11-12)19(18)10-9-14-5-3-4-6-15(14)17/h3-8,11H,9-10,17H2,1-2H3. The average Bonchev–Trinajstić information content (AvgIpc) is 2.40. The van der Waals surface area contributed by atoms with Crippen LogP contribution in [0.4, 0.5) is 5.69 Å². The zero-order valence-corrected chi connectivity index (χ0v) is 12.2. The summed E-state index contributed by atoms with van der Waals surface area (Å²) < 4.78 is 12.4. The molecule has 0 saturated carbocycles. The van der Waals surface area contributed by atoms with Crippen LogP contribution >= 0.6 is 0 Å². The van der Waals surface area contributed by atoms with Gasteiger partial charge in [0, 0.05) is 16.3 Å². The maximum atomic E-state index is 12.4. The number of para-hydroxylation sites is 1. The molecule has 2 nitrogen and oxygen atoms in total. The fourth-order valence-corrected chi connectivity index (χ4v) is 3.40. The van der Waals surface area contributed by atoms with Crippen LogP contribution in [0.2, 0.25) is 0 Å². The van der Waals surface area contributed by atoms with E-state index < -0.39 is 10.8 Å². The van der Waals surface area contributed by atoms with Crippen LogP contribution in [0.25, 0.3) is 0 Å². The highest BCUT2D eigenvalue weighted by Crippen LogP contribution is 2.17. The molecule has 2 aromatic rings. The second-order valence-corrected chi connectivity index (χ2v) is 6.31. The summed E-state index contributed by atoms with van der Waals surface area (Å²) in [6, 6.07) is 13.9. The van der Waals surface area contributed by atoms with Crippen LogP contribution in [0.15, 0.2) is 47.4 Å². The first-order valence-corrected chi connectivity index (χ1v) is 7.69. The molecule has 0 bridgehead atoms. The number of benzene rings is 2. The second kappa shape index (κ2) is 6.02. The minimum absolute atomic E-state index is 0.610. The molecule has 19 heavy (non-hydrogen) atoms. The number of nitrogens with two attached hydrogens (primary N) is 1. The Labute approximate surface area is 117 Å². The van der Waals surface area contributed by atoms with Crippen molar-refractivity contribution in [2.75, 3.05) is 11.5 Å². The Balaban J connectivity index is 2.10. The summed E-state index contributed by atoms with van der Waals surface area (Å²) in [5.74, 6) is 0.610. The number of nitrogen functional groups attached to an aromatic ring is 1. The SMILES string of the molecule is Cc1ccc(C)c(S(=O)CCc2ccccc2N)c1. The Morgan fingerprint density at radius 3 is 2.58 bits per heavy atom. The van der Waals surface area contributed by atoms with E-state index in [2.05, 4.69) is 0 Å². The fourth-order valence-electron chi connectivity index (χ4n) is 2.03. The van der Waals surface area contributed by atoms with Crippen LogP contribution in [0.3, 0.4) is 0 Å². The number of aryl methyl sites for hydroxylation is 3. The maximum absolute atomic E-state index is 12.4. The molecule has 0 heterocycles. The van der Waals surface area contributed by atoms with Gasteiger partial charge in [0.1, 0.15) is 0 Å². The molecule has 0 fully saturated rings. The minimum Gasteiger partial charge on any atom is -0.399 e. The van der Waals surface area contributed by atoms with Gasteiger partial charge in [-0.05, 0) is 49.1 Å². The summed E-state index contributed by atoms with van der Waals surface area (Å²) in [7, 11) is -0.970. The van der Waals surface area contributed by atoms with Crippen molar-refractivity contribution in [1.82, 2.24) is 0 Å². The predicted octanol–water partition coefficient (Wildman–Crippen LogP) is 3.24. The lowest BCUT2D eigenvalue weighted by Crippen LogP contribution is -2.05. The van der Waals surface area contributed by atoms with Crippen molar-refractivity contribution in [3.63, 3.8) is 0 Å². The molecule has 0 aromatic heterocycles. The van der Waals surface area contributed by atoms with Gasteiger partial charge in [0.25, 0.3) is 0 Å². The molecular formula is C16H19NOS. The van der Waals surface area contributed by atoms with Crippen molar-refractivity contribution in [2.24, 2.45) is 0 Å². The lowest BCUT2D eigenvalue weighted by Gasteiger charge is -2.08. The van der Waals surface area contributed by atoms with Crippen molar-refractivity contribution in [3.05, 3.63) is 59.2 Å². The number of anilines is 1. The molecule has 2 N–H and O–H groups in total. The summed E-state index contributed by atoms with van der Waals surface area (Å²) >= 11 is 0. The summed E-state index contributed by atoms with van der Waals surface area (Å²) in [6.07, 6.45) is 0.743. The van der Waals surface area contributed by atoms with E-state index in [1.807, 2.05) is 56.3 Å². The molecule has 0 saturated heterocycles. The van der Waals surface area contributed by atoms with Gasteiger partial charge in [-0.3, -0.25) is 4.21 Å². The van der Waals surface area contributed by atoms with E-state index >= 15 is 0 Å². The summed E-state index contributed by atoms with van der Waals surface area (Å²) in [5.41, 5.74) is 9.98. The molecule has 1 unspecified atom stereocenters. The highest BCUT2D eigenvalue weighted by Gasteiger charge is 2.08. The van der Waals surface area contributed by atoms with Gasteiger partial charge in [-0.25, -0.2) is 0 Å². The quantitative estimate of drug-likeness (QED) is 0.869. The third-order valence-electron chi connectivity index (χ3n) is 3.20. The lowest BCUT2D eigenvalue weighted by atomic mass is 10.1. The lowest BCUT2D eigenvalue weighted by molar-refractivity contribution is 0.682. The molecular weight excluding hydrogens is 254 g/mol. The van der Waals surface area contributed by atoms with Crippen LogP contribution in [0.1, 0.15) is 16.7 Å². The van der Waals surface area contributed by atoms with Crippen molar-refractivity contribution in [3.8, 4) is 0 Å². The van der Waals surface area contributed by atoms with Gasteiger partial charge in [-0.15, -0.1) is 0 Å². The number of hydrogen-bond acceptors (Lipinski definition) is 2. The summed E-state index contributed by atoms with van der Waals surface area (Å²) in [5, 5.41) is 0. The second-order valence-electron chi connectivity index (χ2n) is 4.77. The molecule has 0 amide bonds. The van der Waals surface area contributed by atoms with E-state index in [4.69, 9.17) is 5.73 Å². The van der Waals surface area contributed by atoms with Gasteiger partial charge in [0.05, 0.1) is 10.8 Å². The fraction of sp³-hybridized carbons (Fsp3) is 0.250. The predicted molar refractivity (Wildman–Crippen MR) is 81.7 cm³/mol. The highest BCUT2D eigenvalue weighted by molar-refractivity contribution is 7.85. The Hall–Kier alpha value is -1.61. The molecule has 0 spiro atoms. The van der Waals surface area contributed by atoms with Gasteiger partial charge < -0.3 is 5.73 Å². The van der Waals surface area contributed by atoms with Crippen molar-refractivity contribution >= 4 is 16.5 Å². The van der Waals surface area contributed by atoms with Crippen LogP contribution in [0, 0.1) is 13.8 Å². The van der Waals surface area contributed by atoms with Crippen molar-refractivity contribution in [1.29, 1.82) is 0 Å². The Morgan fingerprint density at radius 1 is 1.11 bits per heavy atom. The van der Waals surface area contributed by atoms with E-state index in [0.717, 1.165) is 33.7 Å². The van der Waals surface area contributed by atoms with Crippen molar-refractivity contribution < 1.29 is 4.21 Å². The van der Waals surface area contributed by atoms with Gasteiger partial charge in [-0.2, -0.15) is 0 Å². The topological polar surface area (TPSA) is 43.1 Å². The minimum atomic E-state index is -0.970. The largest absolute Gasteiger partial charge is 0.399 e. The van der Waals surface area contributed by atoms with Crippen LogP contribution < -0.4 is 5.73 Å². The van der Waals surface area contributed by atoms with Gasteiger partial charge >= 0.3 is 0 Å². The third kappa shape index (κ3) is 3.44. The Morgan fingerprint density at radius 2 is 1.84 bits per heavy atom. The van der Waals surface area contributed by atoms with Gasteiger partial charge in [0.2, 0.25) is 0 Å². The molecule has 0 radical (unpaired) electrons. The number of rotatable bonds is 4.